The third kappa shape index (κ3) is 5.28. The van der Waals surface area contributed by atoms with Crippen LogP contribution in [0.2, 0.25) is 0 Å². The van der Waals surface area contributed by atoms with Gasteiger partial charge in [-0.3, -0.25) is 19.7 Å². The fraction of sp³-hybridized carbons (Fsp3) is 0.500. The van der Waals surface area contributed by atoms with Crippen molar-refractivity contribution < 1.29 is 14.4 Å². The van der Waals surface area contributed by atoms with E-state index in [0.717, 1.165) is 31.5 Å². The SMILES string of the molecule is Cl.O=C1CCC(NC(=O)Cc2ccc(C3CCNCC3)cc2)C(=O)N1. The Bertz CT molecular complexity index is 627. The largest absolute Gasteiger partial charge is 0.344 e. The zero-order valence-electron chi connectivity index (χ0n) is 14.0. The van der Waals surface area contributed by atoms with E-state index < -0.39 is 11.9 Å². The average Bonchev–Trinajstić information content (AvgIpc) is 2.59. The van der Waals surface area contributed by atoms with Gasteiger partial charge in [0.05, 0.1) is 6.42 Å². The van der Waals surface area contributed by atoms with Crippen molar-refractivity contribution >= 4 is 30.1 Å². The molecule has 2 aliphatic heterocycles. The van der Waals surface area contributed by atoms with E-state index in [4.69, 9.17) is 0 Å². The highest BCUT2D eigenvalue weighted by molar-refractivity contribution is 6.01. The molecule has 1 aromatic rings. The number of amides is 3. The quantitative estimate of drug-likeness (QED) is 0.696. The summed E-state index contributed by atoms with van der Waals surface area (Å²) in [5.74, 6) is -0.295. The third-order valence-corrected chi connectivity index (χ3v) is 4.73. The second-order valence-electron chi connectivity index (χ2n) is 6.51. The summed E-state index contributed by atoms with van der Waals surface area (Å²) in [6, 6.07) is 7.57. The van der Waals surface area contributed by atoms with Crippen LogP contribution >= 0.6 is 12.4 Å². The summed E-state index contributed by atoms with van der Waals surface area (Å²) in [6.45, 7) is 2.11. The fourth-order valence-electron chi connectivity index (χ4n) is 3.32. The average molecular weight is 366 g/mol. The van der Waals surface area contributed by atoms with Crippen LogP contribution in [0.5, 0.6) is 0 Å². The highest BCUT2D eigenvalue weighted by atomic mass is 35.5. The highest BCUT2D eigenvalue weighted by Crippen LogP contribution is 2.25. The lowest BCUT2D eigenvalue weighted by Gasteiger charge is -2.23. The van der Waals surface area contributed by atoms with E-state index in [0.29, 0.717) is 12.3 Å². The fourth-order valence-corrected chi connectivity index (χ4v) is 3.32. The van der Waals surface area contributed by atoms with E-state index >= 15 is 0 Å². The van der Waals surface area contributed by atoms with Gasteiger partial charge < -0.3 is 10.6 Å². The summed E-state index contributed by atoms with van der Waals surface area (Å²) >= 11 is 0. The molecule has 0 saturated carbocycles. The maximum Gasteiger partial charge on any atom is 0.249 e. The van der Waals surface area contributed by atoms with Gasteiger partial charge in [-0.1, -0.05) is 24.3 Å². The molecule has 1 unspecified atom stereocenters. The summed E-state index contributed by atoms with van der Waals surface area (Å²) in [7, 11) is 0. The molecule has 2 heterocycles. The number of hydrogen-bond donors (Lipinski definition) is 3. The number of imide groups is 1. The second kappa shape index (κ2) is 8.97. The van der Waals surface area contributed by atoms with Gasteiger partial charge in [0.25, 0.3) is 0 Å². The van der Waals surface area contributed by atoms with Gasteiger partial charge in [-0.2, -0.15) is 0 Å². The number of piperidine rings is 2. The molecular formula is C18H24ClN3O3. The molecule has 2 aliphatic rings. The first-order valence-electron chi connectivity index (χ1n) is 8.54. The first-order chi connectivity index (χ1) is 11.6. The molecule has 6 nitrogen and oxygen atoms in total. The first kappa shape index (κ1) is 19.4. The molecule has 1 aromatic carbocycles. The van der Waals surface area contributed by atoms with Gasteiger partial charge in [-0.15, -0.1) is 12.4 Å². The van der Waals surface area contributed by atoms with Crippen molar-refractivity contribution in [3.8, 4) is 0 Å². The molecule has 136 valence electrons. The summed E-state index contributed by atoms with van der Waals surface area (Å²) in [5, 5.41) is 8.31. The van der Waals surface area contributed by atoms with Crippen LogP contribution in [0.4, 0.5) is 0 Å². The van der Waals surface area contributed by atoms with Gasteiger partial charge in [0.2, 0.25) is 17.7 Å². The maximum absolute atomic E-state index is 12.1. The Labute approximate surface area is 153 Å². The zero-order valence-corrected chi connectivity index (χ0v) is 14.9. The van der Waals surface area contributed by atoms with E-state index in [-0.39, 0.29) is 37.1 Å². The highest BCUT2D eigenvalue weighted by Gasteiger charge is 2.27. The lowest BCUT2D eigenvalue weighted by atomic mass is 9.89. The van der Waals surface area contributed by atoms with Crippen LogP contribution in [0.3, 0.4) is 0 Å². The number of rotatable bonds is 4. The summed E-state index contributed by atoms with van der Waals surface area (Å²) in [5.41, 5.74) is 2.25. The number of halogens is 1. The number of hydrogen-bond acceptors (Lipinski definition) is 4. The lowest BCUT2D eigenvalue weighted by molar-refractivity contribution is -0.137. The van der Waals surface area contributed by atoms with Crippen LogP contribution in [-0.4, -0.2) is 36.9 Å². The Morgan fingerprint density at radius 1 is 1.08 bits per heavy atom. The van der Waals surface area contributed by atoms with Crippen molar-refractivity contribution in [2.75, 3.05) is 13.1 Å². The van der Waals surface area contributed by atoms with Crippen molar-refractivity contribution in [2.24, 2.45) is 0 Å². The molecule has 7 heteroatoms. The third-order valence-electron chi connectivity index (χ3n) is 4.73. The van der Waals surface area contributed by atoms with E-state index in [1.54, 1.807) is 0 Å². The first-order valence-corrected chi connectivity index (χ1v) is 8.54. The molecule has 1 atom stereocenters. The van der Waals surface area contributed by atoms with E-state index in [9.17, 15) is 14.4 Å². The minimum Gasteiger partial charge on any atom is -0.344 e. The molecule has 3 N–H and O–H groups in total. The van der Waals surface area contributed by atoms with Gasteiger partial charge in [0.15, 0.2) is 0 Å². The van der Waals surface area contributed by atoms with Gasteiger partial charge in [-0.25, -0.2) is 0 Å². The van der Waals surface area contributed by atoms with Gasteiger partial charge in [0.1, 0.15) is 6.04 Å². The Hall–Kier alpha value is -1.92. The summed E-state index contributed by atoms with van der Waals surface area (Å²) < 4.78 is 0. The van der Waals surface area contributed by atoms with E-state index in [2.05, 4.69) is 28.1 Å². The smallest absolute Gasteiger partial charge is 0.249 e. The summed E-state index contributed by atoms with van der Waals surface area (Å²) in [6.07, 6.45) is 3.17. The van der Waals surface area contributed by atoms with E-state index in [1.165, 1.54) is 5.56 Å². The molecule has 0 aromatic heterocycles. The van der Waals surface area contributed by atoms with Crippen LogP contribution in [0, 0.1) is 0 Å². The minimum absolute atomic E-state index is 0. The molecule has 0 radical (unpaired) electrons. The number of carbonyl (C=O) groups excluding carboxylic acids is 3. The zero-order chi connectivity index (χ0) is 16.9. The maximum atomic E-state index is 12.1. The van der Waals surface area contributed by atoms with Crippen molar-refractivity contribution in [3.63, 3.8) is 0 Å². The van der Waals surface area contributed by atoms with Crippen LogP contribution in [0.25, 0.3) is 0 Å². The number of carbonyl (C=O) groups is 3. The normalized spacial score (nSPS) is 21.2. The predicted molar refractivity (Wildman–Crippen MR) is 96.6 cm³/mol. The molecule has 0 aliphatic carbocycles. The molecule has 0 bridgehead atoms. The molecule has 2 saturated heterocycles. The van der Waals surface area contributed by atoms with E-state index in [1.807, 2.05) is 12.1 Å². The summed E-state index contributed by atoms with van der Waals surface area (Å²) in [4.78, 5) is 34.9. The monoisotopic (exact) mass is 365 g/mol. The Kier molecular flexibility index (Phi) is 6.96. The van der Waals surface area contributed by atoms with Crippen molar-refractivity contribution in [3.05, 3.63) is 35.4 Å². The molecule has 0 spiro atoms. The van der Waals surface area contributed by atoms with Gasteiger partial charge in [0, 0.05) is 6.42 Å². The van der Waals surface area contributed by atoms with Crippen molar-refractivity contribution in [1.82, 2.24) is 16.0 Å². The Balaban J connectivity index is 0.00000225. The second-order valence-corrected chi connectivity index (χ2v) is 6.51. The Morgan fingerprint density at radius 2 is 1.76 bits per heavy atom. The standard InChI is InChI=1S/C18H23N3O3.ClH/c22-16-6-5-15(18(24)21-16)20-17(23)11-12-1-3-13(4-2-12)14-7-9-19-10-8-14;/h1-4,14-15,19H,5-11H2,(H,20,23)(H,21,22,24);1H. The van der Waals surface area contributed by atoms with Crippen LogP contribution in [-0.2, 0) is 20.8 Å². The van der Waals surface area contributed by atoms with Crippen LogP contribution < -0.4 is 16.0 Å². The van der Waals surface area contributed by atoms with Crippen molar-refractivity contribution in [2.45, 2.75) is 44.1 Å². The predicted octanol–water partition coefficient (Wildman–Crippen LogP) is 1.04. The van der Waals surface area contributed by atoms with Gasteiger partial charge in [-0.05, 0) is 49.4 Å². The topological polar surface area (TPSA) is 87.3 Å². The van der Waals surface area contributed by atoms with Crippen LogP contribution in [0.1, 0.15) is 42.7 Å². The lowest BCUT2D eigenvalue weighted by Crippen LogP contribution is -2.52. The number of benzene rings is 1. The van der Waals surface area contributed by atoms with Crippen LogP contribution in [0.15, 0.2) is 24.3 Å². The van der Waals surface area contributed by atoms with Gasteiger partial charge >= 0.3 is 0 Å². The minimum atomic E-state index is -0.607. The molecule has 25 heavy (non-hydrogen) atoms. The van der Waals surface area contributed by atoms with Crippen molar-refractivity contribution in [1.29, 1.82) is 0 Å². The molecule has 2 fully saturated rings. The molecule has 3 amide bonds. The number of nitrogens with one attached hydrogen (secondary N) is 3. The molecule has 3 rings (SSSR count). The molecular weight excluding hydrogens is 342 g/mol. The Morgan fingerprint density at radius 3 is 2.40 bits per heavy atom.